The number of hydrogen-bond acceptors (Lipinski definition) is 3. The van der Waals surface area contributed by atoms with Crippen molar-refractivity contribution in [3.8, 4) is 0 Å². The molecule has 17 heavy (non-hydrogen) atoms. The number of nitrogens with zero attached hydrogens (tertiary/aromatic N) is 1. The zero-order chi connectivity index (χ0) is 12.7. The summed E-state index contributed by atoms with van der Waals surface area (Å²) in [5.41, 5.74) is 9.16. The molecule has 3 N–H and O–H groups in total. The van der Waals surface area contributed by atoms with Gasteiger partial charge in [-0.05, 0) is 31.6 Å². The quantitative estimate of drug-likeness (QED) is 0.489. The van der Waals surface area contributed by atoms with Crippen LogP contribution in [0.5, 0.6) is 0 Å². The minimum Gasteiger partial charge on any atom is -0.375 e. The summed E-state index contributed by atoms with van der Waals surface area (Å²) in [6.07, 6.45) is 1.82. The van der Waals surface area contributed by atoms with Crippen molar-refractivity contribution in [2.75, 3.05) is 0 Å². The minimum absolute atomic E-state index is 0.0619. The molecule has 0 amide bonds. The molecule has 0 spiro atoms. The smallest absolute Gasteiger partial charge is 0.184 e. The van der Waals surface area contributed by atoms with Crippen LogP contribution in [0.15, 0.2) is 35.4 Å². The van der Waals surface area contributed by atoms with Gasteiger partial charge in [0.15, 0.2) is 5.11 Å². The second-order valence-electron chi connectivity index (χ2n) is 4.11. The zero-order valence-electron chi connectivity index (χ0n) is 10.0. The number of nitrogens with one attached hydrogen (secondary N) is 1. The number of benzene rings is 1. The second-order valence-corrected chi connectivity index (χ2v) is 6.18. The summed E-state index contributed by atoms with van der Waals surface area (Å²) in [5, 5.41) is 4.18. The van der Waals surface area contributed by atoms with Crippen molar-refractivity contribution in [1.82, 2.24) is 5.43 Å². The lowest BCUT2D eigenvalue weighted by Gasteiger charge is -2.18. The van der Waals surface area contributed by atoms with E-state index in [0.29, 0.717) is 0 Å². The van der Waals surface area contributed by atoms with Gasteiger partial charge in [-0.1, -0.05) is 30.3 Å². The zero-order valence-corrected chi connectivity index (χ0v) is 11.6. The molecule has 5 heteroatoms. The Bertz CT molecular complexity index is 388. The summed E-state index contributed by atoms with van der Waals surface area (Å²) in [6.45, 7) is 4.21. The Morgan fingerprint density at radius 1 is 1.47 bits per heavy atom. The first kappa shape index (κ1) is 14.0. The lowest BCUT2D eigenvalue weighted by molar-refractivity contribution is 0.935. The summed E-state index contributed by atoms with van der Waals surface area (Å²) < 4.78 is -0.0619. The average Bonchev–Trinajstić information content (AvgIpc) is 2.27. The van der Waals surface area contributed by atoms with Crippen LogP contribution in [0.25, 0.3) is 0 Å². The molecule has 0 unspecified atom stereocenters. The van der Waals surface area contributed by atoms with Crippen LogP contribution >= 0.6 is 24.0 Å². The molecule has 0 atom stereocenters. The first-order valence-electron chi connectivity index (χ1n) is 5.27. The van der Waals surface area contributed by atoms with E-state index < -0.39 is 0 Å². The molecule has 0 aliphatic rings. The number of hydrazone groups is 1. The minimum atomic E-state index is -0.0619. The number of hydrogen-bond donors (Lipinski definition) is 2. The van der Waals surface area contributed by atoms with Gasteiger partial charge in [-0.2, -0.15) is 5.10 Å². The lowest BCUT2D eigenvalue weighted by Crippen LogP contribution is -2.26. The van der Waals surface area contributed by atoms with E-state index in [1.54, 1.807) is 0 Å². The molecule has 0 aliphatic heterocycles. The van der Waals surface area contributed by atoms with Gasteiger partial charge in [-0.25, -0.2) is 0 Å². The SMILES string of the molecule is CC(C)(C=NNC(N)=S)SCc1ccccc1. The van der Waals surface area contributed by atoms with Gasteiger partial charge in [-0.3, -0.25) is 5.43 Å². The van der Waals surface area contributed by atoms with Gasteiger partial charge in [0, 0.05) is 16.7 Å². The Labute approximate surface area is 112 Å². The summed E-state index contributed by atoms with van der Waals surface area (Å²) in [4.78, 5) is 0. The Morgan fingerprint density at radius 3 is 2.71 bits per heavy atom. The Morgan fingerprint density at radius 2 is 2.12 bits per heavy atom. The van der Waals surface area contributed by atoms with Crippen molar-refractivity contribution >= 4 is 35.3 Å². The lowest BCUT2D eigenvalue weighted by atomic mass is 10.2. The fraction of sp³-hybridized carbons (Fsp3) is 0.333. The van der Waals surface area contributed by atoms with Crippen molar-refractivity contribution in [3.05, 3.63) is 35.9 Å². The Balaban J connectivity index is 2.44. The number of thiocarbonyl (C=S) groups is 1. The number of nitrogens with two attached hydrogens (primary N) is 1. The highest BCUT2D eigenvalue weighted by Crippen LogP contribution is 2.26. The van der Waals surface area contributed by atoms with Crippen LogP contribution < -0.4 is 11.2 Å². The molecule has 0 saturated heterocycles. The van der Waals surface area contributed by atoms with E-state index in [9.17, 15) is 0 Å². The average molecular weight is 267 g/mol. The second kappa shape index (κ2) is 6.61. The van der Waals surface area contributed by atoms with E-state index in [4.69, 9.17) is 5.73 Å². The molecular formula is C12H17N3S2. The highest BCUT2D eigenvalue weighted by atomic mass is 32.2. The maximum absolute atomic E-state index is 5.29. The summed E-state index contributed by atoms with van der Waals surface area (Å²) in [7, 11) is 0. The number of rotatable bonds is 5. The molecule has 3 nitrogen and oxygen atoms in total. The standard InChI is InChI=1S/C12H17N3S2/c1-12(2,9-14-15-11(13)16)17-8-10-6-4-3-5-7-10/h3-7,9H,8H2,1-2H3,(H3,13,15,16). The molecule has 1 aromatic rings. The number of thioether (sulfide) groups is 1. The molecule has 0 aliphatic carbocycles. The van der Waals surface area contributed by atoms with Gasteiger partial charge >= 0.3 is 0 Å². The van der Waals surface area contributed by atoms with Crippen molar-refractivity contribution in [2.24, 2.45) is 10.8 Å². The fourth-order valence-electron chi connectivity index (χ4n) is 1.13. The summed E-state index contributed by atoms with van der Waals surface area (Å²) in [6, 6.07) is 10.4. The van der Waals surface area contributed by atoms with Gasteiger partial charge in [-0.15, -0.1) is 11.8 Å². The third kappa shape index (κ3) is 6.28. The van der Waals surface area contributed by atoms with Crippen LogP contribution in [0.3, 0.4) is 0 Å². The maximum atomic E-state index is 5.29. The van der Waals surface area contributed by atoms with Gasteiger partial charge < -0.3 is 5.73 Å². The summed E-state index contributed by atoms with van der Waals surface area (Å²) in [5.74, 6) is 0.951. The fourth-order valence-corrected chi connectivity index (χ4v) is 2.04. The summed E-state index contributed by atoms with van der Waals surface area (Å²) >= 11 is 6.48. The van der Waals surface area contributed by atoms with Gasteiger partial charge in [0.25, 0.3) is 0 Å². The van der Waals surface area contributed by atoms with E-state index in [1.165, 1.54) is 5.56 Å². The molecule has 0 aromatic heterocycles. The molecule has 0 fully saturated rings. The predicted octanol–water partition coefficient (Wildman–Crippen LogP) is 2.52. The Kier molecular flexibility index (Phi) is 5.44. The van der Waals surface area contributed by atoms with Crippen LogP contribution in [0.4, 0.5) is 0 Å². The molecule has 92 valence electrons. The maximum Gasteiger partial charge on any atom is 0.184 e. The van der Waals surface area contributed by atoms with Crippen molar-refractivity contribution < 1.29 is 0 Å². The van der Waals surface area contributed by atoms with Crippen LogP contribution in [0.1, 0.15) is 19.4 Å². The van der Waals surface area contributed by atoms with Crippen LogP contribution in [0, 0.1) is 0 Å². The Hall–Kier alpha value is -1.07. The third-order valence-corrected chi connectivity index (χ3v) is 3.42. The molecule has 0 radical (unpaired) electrons. The van der Waals surface area contributed by atoms with Crippen molar-refractivity contribution in [1.29, 1.82) is 0 Å². The van der Waals surface area contributed by atoms with Gasteiger partial charge in [0.2, 0.25) is 0 Å². The van der Waals surface area contributed by atoms with Crippen LogP contribution in [-0.4, -0.2) is 16.1 Å². The highest BCUT2D eigenvalue weighted by Gasteiger charge is 2.15. The molecule has 0 heterocycles. The monoisotopic (exact) mass is 267 g/mol. The molecule has 1 aromatic carbocycles. The third-order valence-electron chi connectivity index (χ3n) is 2.00. The van der Waals surface area contributed by atoms with Crippen molar-refractivity contribution in [3.63, 3.8) is 0 Å². The topological polar surface area (TPSA) is 50.4 Å². The molecule has 0 saturated carbocycles. The first-order valence-corrected chi connectivity index (χ1v) is 6.66. The largest absolute Gasteiger partial charge is 0.375 e. The van der Waals surface area contributed by atoms with E-state index in [2.05, 4.69) is 48.7 Å². The van der Waals surface area contributed by atoms with E-state index >= 15 is 0 Å². The highest BCUT2D eigenvalue weighted by molar-refractivity contribution is 8.00. The van der Waals surface area contributed by atoms with Gasteiger partial charge in [0.1, 0.15) is 0 Å². The van der Waals surface area contributed by atoms with Crippen LogP contribution in [-0.2, 0) is 5.75 Å². The normalized spacial score (nSPS) is 11.6. The molecular weight excluding hydrogens is 250 g/mol. The van der Waals surface area contributed by atoms with Gasteiger partial charge in [0.05, 0.1) is 0 Å². The van der Waals surface area contributed by atoms with Crippen molar-refractivity contribution in [2.45, 2.75) is 24.3 Å². The first-order chi connectivity index (χ1) is 7.99. The molecule has 0 bridgehead atoms. The predicted molar refractivity (Wildman–Crippen MR) is 80.2 cm³/mol. The van der Waals surface area contributed by atoms with E-state index in [0.717, 1.165) is 5.75 Å². The van der Waals surface area contributed by atoms with E-state index in [1.807, 2.05) is 36.2 Å². The molecule has 1 rings (SSSR count). The van der Waals surface area contributed by atoms with E-state index in [-0.39, 0.29) is 9.86 Å². The van der Waals surface area contributed by atoms with Crippen LogP contribution in [0.2, 0.25) is 0 Å².